The summed E-state index contributed by atoms with van der Waals surface area (Å²) in [6.45, 7) is 1.72. The van der Waals surface area contributed by atoms with Gasteiger partial charge in [-0.2, -0.15) is 0 Å². The Balaban J connectivity index is 1.72. The second-order valence-electron chi connectivity index (χ2n) is 5.55. The summed E-state index contributed by atoms with van der Waals surface area (Å²) >= 11 is 5.74. The highest BCUT2D eigenvalue weighted by atomic mass is 35.5. The second kappa shape index (κ2) is 5.78. The largest absolute Gasteiger partial charge is 0.373 e. The molecule has 3 rings (SSSR count). The molecule has 1 aromatic rings. The first-order valence-electron chi connectivity index (χ1n) is 7.04. The standard InChI is InChI=1S/C15H19ClFNO/c16-13-6-3-10(8-14(13)17)15-11(2-1-7-19-15)9-18-12-4-5-12/h3,6,8,11-12,15,18H,1-2,4-5,7,9H2. The fourth-order valence-corrected chi connectivity index (χ4v) is 2.83. The van der Waals surface area contributed by atoms with Crippen molar-refractivity contribution in [1.29, 1.82) is 0 Å². The zero-order valence-corrected chi connectivity index (χ0v) is 11.6. The molecule has 2 unspecified atom stereocenters. The predicted octanol–water partition coefficient (Wildman–Crippen LogP) is 3.70. The van der Waals surface area contributed by atoms with Crippen molar-refractivity contribution in [2.75, 3.05) is 13.2 Å². The summed E-state index contributed by atoms with van der Waals surface area (Å²) in [5.41, 5.74) is 0.907. The van der Waals surface area contributed by atoms with Crippen LogP contribution in [0.1, 0.15) is 37.4 Å². The topological polar surface area (TPSA) is 21.3 Å². The number of rotatable bonds is 4. The van der Waals surface area contributed by atoms with Crippen molar-refractivity contribution in [2.24, 2.45) is 5.92 Å². The van der Waals surface area contributed by atoms with E-state index in [1.54, 1.807) is 6.07 Å². The van der Waals surface area contributed by atoms with E-state index in [0.717, 1.165) is 31.6 Å². The van der Waals surface area contributed by atoms with Crippen molar-refractivity contribution < 1.29 is 9.13 Å². The van der Waals surface area contributed by atoms with Crippen molar-refractivity contribution in [3.63, 3.8) is 0 Å². The Hall–Kier alpha value is -0.640. The highest BCUT2D eigenvalue weighted by Gasteiger charge is 2.30. The Kier molecular flexibility index (Phi) is 4.06. The molecular weight excluding hydrogens is 265 g/mol. The number of benzene rings is 1. The van der Waals surface area contributed by atoms with E-state index in [-0.39, 0.29) is 16.9 Å². The number of halogens is 2. The van der Waals surface area contributed by atoms with Crippen molar-refractivity contribution in [3.8, 4) is 0 Å². The smallest absolute Gasteiger partial charge is 0.142 e. The molecule has 2 fully saturated rings. The van der Waals surface area contributed by atoms with Gasteiger partial charge in [-0.1, -0.05) is 17.7 Å². The van der Waals surface area contributed by atoms with E-state index in [4.69, 9.17) is 16.3 Å². The average Bonchev–Trinajstić information content (AvgIpc) is 3.24. The number of hydrogen-bond acceptors (Lipinski definition) is 2. The maximum atomic E-state index is 13.6. The van der Waals surface area contributed by atoms with Gasteiger partial charge >= 0.3 is 0 Å². The lowest BCUT2D eigenvalue weighted by Crippen LogP contribution is -2.32. The van der Waals surface area contributed by atoms with E-state index in [0.29, 0.717) is 12.0 Å². The van der Waals surface area contributed by atoms with Crippen molar-refractivity contribution in [2.45, 2.75) is 37.8 Å². The molecule has 0 radical (unpaired) electrons. The minimum absolute atomic E-state index is 0.00762. The quantitative estimate of drug-likeness (QED) is 0.910. The van der Waals surface area contributed by atoms with Gasteiger partial charge in [0.2, 0.25) is 0 Å². The van der Waals surface area contributed by atoms with Gasteiger partial charge in [-0.15, -0.1) is 0 Å². The van der Waals surface area contributed by atoms with Gasteiger partial charge in [-0.25, -0.2) is 4.39 Å². The molecule has 104 valence electrons. The minimum atomic E-state index is -0.359. The lowest BCUT2D eigenvalue weighted by molar-refractivity contribution is -0.0280. The van der Waals surface area contributed by atoms with Gasteiger partial charge < -0.3 is 10.1 Å². The Morgan fingerprint density at radius 2 is 2.16 bits per heavy atom. The van der Waals surface area contributed by atoms with E-state index in [2.05, 4.69) is 5.32 Å². The summed E-state index contributed by atoms with van der Waals surface area (Å²) in [4.78, 5) is 0. The molecule has 1 N–H and O–H groups in total. The summed E-state index contributed by atoms with van der Waals surface area (Å²) < 4.78 is 19.5. The molecule has 1 heterocycles. The number of hydrogen-bond donors (Lipinski definition) is 1. The Bertz CT molecular complexity index is 450. The monoisotopic (exact) mass is 283 g/mol. The normalized spacial score (nSPS) is 27.5. The van der Waals surface area contributed by atoms with Crippen LogP contribution in [-0.2, 0) is 4.74 Å². The van der Waals surface area contributed by atoms with Gasteiger partial charge in [-0.05, 0) is 43.4 Å². The Morgan fingerprint density at radius 3 is 2.89 bits per heavy atom. The number of ether oxygens (including phenoxy) is 1. The molecule has 1 saturated carbocycles. The molecule has 1 aromatic carbocycles. The van der Waals surface area contributed by atoms with Crippen LogP contribution in [0.5, 0.6) is 0 Å². The molecule has 0 aromatic heterocycles. The number of nitrogens with one attached hydrogen (secondary N) is 1. The zero-order valence-electron chi connectivity index (χ0n) is 10.9. The van der Waals surface area contributed by atoms with Crippen molar-refractivity contribution in [3.05, 3.63) is 34.6 Å². The molecule has 19 heavy (non-hydrogen) atoms. The molecular formula is C15H19ClFNO. The molecule has 0 bridgehead atoms. The molecule has 2 atom stereocenters. The van der Waals surface area contributed by atoms with Crippen LogP contribution in [0, 0.1) is 11.7 Å². The van der Waals surface area contributed by atoms with Crippen LogP contribution in [0.15, 0.2) is 18.2 Å². The third-order valence-corrected chi connectivity index (χ3v) is 4.27. The van der Waals surface area contributed by atoms with Crippen LogP contribution in [0.4, 0.5) is 4.39 Å². The second-order valence-corrected chi connectivity index (χ2v) is 5.96. The summed E-state index contributed by atoms with van der Waals surface area (Å²) in [5, 5.41) is 3.73. The van der Waals surface area contributed by atoms with E-state index >= 15 is 0 Å². The minimum Gasteiger partial charge on any atom is -0.373 e. The third-order valence-electron chi connectivity index (χ3n) is 3.96. The molecule has 1 aliphatic heterocycles. The first kappa shape index (κ1) is 13.3. The van der Waals surface area contributed by atoms with Gasteiger partial charge in [0.05, 0.1) is 11.1 Å². The summed E-state index contributed by atoms with van der Waals surface area (Å²) in [6.07, 6.45) is 4.78. The van der Waals surface area contributed by atoms with Crippen LogP contribution >= 0.6 is 11.6 Å². The lowest BCUT2D eigenvalue weighted by Gasteiger charge is -2.32. The van der Waals surface area contributed by atoms with E-state index in [9.17, 15) is 4.39 Å². The van der Waals surface area contributed by atoms with Crippen LogP contribution in [0.25, 0.3) is 0 Å². The van der Waals surface area contributed by atoms with Crippen LogP contribution in [-0.4, -0.2) is 19.2 Å². The van der Waals surface area contributed by atoms with Crippen LogP contribution < -0.4 is 5.32 Å². The molecule has 1 saturated heterocycles. The fraction of sp³-hybridized carbons (Fsp3) is 0.600. The van der Waals surface area contributed by atoms with Crippen LogP contribution in [0.2, 0.25) is 5.02 Å². The molecule has 2 aliphatic rings. The molecule has 4 heteroatoms. The average molecular weight is 284 g/mol. The summed E-state index contributed by atoms with van der Waals surface area (Å²) in [6, 6.07) is 5.72. The maximum Gasteiger partial charge on any atom is 0.142 e. The third kappa shape index (κ3) is 3.28. The van der Waals surface area contributed by atoms with Gasteiger partial charge in [0, 0.05) is 25.1 Å². The summed E-state index contributed by atoms with van der Waals surface area (Å²) in [7, 11) is 0. The zero-order chi connectivity index (χ0) is 13.2. The van der Waals surface area contributed by atoms with Gasteiger partial charge in [0.1, 0.15) is 5.82 Å². The predicted molar refractivity (Wildman–Crippen MR) is 73.9 cm³/mol. The fourth-order valence-electron chi connectivity index (χ4n) is 2.72. The van der Waals surface area contributed by atoms with E-state index < -0.39 is 0 Å². The van der Waals surface area contributed by atoms with E-state index in [1.165, 1.54) is 18.9 Å². The summed E-state index contributed by atoms with van der Waals surface area (Å²) in [5.74, 6) is 0.0668. The molecule has 2 nitrogen and oxygen atoms in total. The van der Waals surface area contributed by atoms with Gasteiger partial charge in [0.25, 0.3) is 0 Å². The van der Waals surface area contributed by atoms with Crippen molar-refractivity contribution in [1.82, 2.24) is 5.32 Å². The van der Waals surface area contributed by atoms with E-state index in [1.807, 2.05) is 6.07 Å². The first-order chi connectivity index (χ1) is 9.24. The highest BCUT2D eigenvalue weighted by molar-refractivity contribution is 6.30. The maximum absolute atomic E-state index is 13.6. The molecule has 0 amide bonds. The molecule has 1 aliphatic carbocycles. The first-order valence-corrected chi connectivity index (χ1v) is 7.42. The van der Waals surface area contributed by atoms with Gasteiger partial charge in [-0.3, -0.25) is 0 Å². The SMILES string of the molecule is Fc1cc(C2OCCCC2CNC2CC2)ccc1Cl. The lowest BCUT2D eigenvalue weighted by atomic mass is 9.89. The molecule has 0 spiro atoms. The van der Waals surface area contributed by atoms with Gasteiger partial charge in [0.15, 0.2) is 0 Å². The Morgan fingerprint density at radius 1 is 1.32 bits per heavy atom. The van der Waals surface area contributed by atoms with Crippen molar-refractivity contribution >= 4 is 11.6 Å². The highest BCUT2D eigenvalue weighted by Crippen LogP contribution is 2.35. The van der Waals surface area contributed by atoms with Crippen LogP contribution in [0.3, 0.4) is 0 Å². The Labute approximate surface area is 118 Å².